The molecule has 0 fully saturated rings. The third kappa shape index (κ3) is 1.93. The predicted octanol–water partition coefficient (Wildman–Crippen LogP) is 4.58. The molecule has 124 valence electrons. The number of carbonyl (C=O) groups is 2. The van der Waals surface area contributed by atoms with Crippen LogP contribution in [-0.2, 0) is 0 Å². The van der Waals surface area contributed by atoms with Crippen LogP contribution in [-0.4, -0.2) is 16.7 Å². The average Bonchev–Trinajstić information content (AvgIpc) is 3.12. The Morgan fingerprint density at radius 3 is 2.38 bits per heavy atom. The molecule has 0 saturated heterocycles. The van der Waals surface area contributed by atoms with Crippen molar-refractivity contribution in [2.24, 2.45) is 0 Å². The van der Waals surface area contributed by atoms with E-state index in [0.29, 0.717) is 44.5 Å². The van der Waals surface area contributed by atoms with E-state index in [9.17, 15) is 9.59 Å². The highest BCUT2D eigenvalue weighted by Gasteiger charge is 2.31. The van der Waals surface area contributed by atoms with E-state index in [0.717, 1.165) is 5.56 Å². The van der Waals surface area contributed by atoms with Crippen molar-refractivity contribution >= 4 is 22.5 Å². The highest BCUT2D eigenvalue weighted by Crippen LogP contribution is 2.40. The third-order valence-corrected chi connectivity index (χ3v) is 4.85. The van der Waals surface area contributed by atoms with Crippen LogP contribution in [0.2, 0.25) is 0 Å². The fourth-order valence-corrected chi connectivity index (χ4v) is 3.49. The van der Waals surface area contributed by atoms with E-state index in [1.807, 2.05) is 37.3 Å². The van der Waals surface area contributed by atoms with Gasteiger partial charge in [-0.05, 0) is 19.1 Å². The molecule has 0 radical (unpaired) electrons. The van der Waals surface area contributed by atoms with Gasteiger partial charge in [0.15, 0.2) is 17.3 Å². The predicted molar refractivity (Wildman–Crippen MR) is 97.5 cm³/mol. The summed E-state index contributed by atoms with van der Waals surface area (Å²) in [6.07, 6.45) is 0. The lowest BCUT2D eigenvalue weighted by atomic mass is 9.86. The van der Waals surface area contributed by atoms with Crippen molar-refractivity contribution in [2.75, 3.05) is 0 Å². The quantitative estimate of drug-likeness (QED) is 0.442. The molecule has 0 amide bonds. The first-order valence-electron chi connectivity index (χ1n) is 8.33. The van der Waals surface area contributed by atoms with Gasteiger partial charge in [0.25, 0.3) is 0 Å². The first-order chi connectivity index (χ1) is 12.6. The van der Waals surface area contributed by atoms with Gasteiger partial charge in [-0.25, -0.2) is 0 Å². The van der Waals surface area contributed by atoms with Crippen molar-refractivity contribution < 1.29 is 14.1 Å². The van der Waals surface area contributed by atoms with Crippen molar-refractivity contribution in [2.45, 2.75) is 6.92 Å². The highest BCUT2D eigenvalue weighted by atomic mass is 16.5. The van der Waals surface area contributed by atoms with Crippen LogP contribution in [0.1, 0.15) is 37.4 Å². The van der Waals surface area contributed by atoms with Crippen molar-refractivity contribution in [3.05, 3.63) is 88.5 Å². The number of ketones is 2. The molecular weight excluding hydrogens is 326 g/mol. The summed E-state index contributed by atoms with van der Waals surface area (Å²) >= 11 is 0. The van der Waals surface area contributed by atoms with E-state index in [1.54, 1.807) is 30.3 Å². The van der Waals surface area contributed by atoms with Gasteiger partial charge in [-0.3, -0.25) is 9.59 Å². The summed E-state index contributed by atoms with van der Waals surface area (Å²) in [5.41, 5.74) is 4.37. The van der Waals surface area contributed by atoms with E-state index in [4.69, 9.17) is 4.52 Å². The SMILES string of the molecule is Cc1ccc(C(=O)c2ccc3c4c(onc24)-c2ccccc2C3=O)cc1. The molecule has 0 saturated carbocycles. The molecule has 0 N–H and O–H groups in total. The monoisotopic (exact) mass is 339 g/mol. The first kappa shape index (κ1) is 14.8. The number of carbonyl (C=O) groups excluding carboxylic acids is 2. The minimum atomic E-state index is -0.136. The minimum absolute atomic E-state index is 0.0735. The van der Waals surface area contributed by atoms with Crippen molar-refractivity contribution in [1.29, 1.82) is 0 Å². The number of benzene rings is 3. The number of aromatic nitrogens is 1. The Morgan fingerprint density at radius 2 is 1.62 bits per heavy atom. The number of hydrogen-bond donors (Lipinski definition) is 0. The minimum Gasteiger partial charge on any atom is -0.355 e. The largest absolute Gasteiger partial charge is 0.355 e. The van der Waals surface area contributed by atoms with Crippen molar-refractivity contribution in [3.63, 3.8) is 0 Å². The topological polar surface area (TPSA) is 60.2 Å². The van der Waals surface area contributed by atoms with Crippen LogP contribution in [0, 0.1) is 6.92 Å². The molecule has 0 aliphatic heterocycles. The lowest BCUT2D eigenvalue weighted by molar-refractivity contribution is 0.102. The smallest absolute Gasteiger partial charge is 0.195 e. The molecule has 1 aliphatic carbocycles. The second-order valence-corrected chi connectivity index (χ2v) is 6.47. The Kier molecular flexibility index (Phi) is 2.97. The summed E-state index contributed by atoms with van der Waals surface area (Å²) in [4.78, 5) is 25.8. The molecule has 4 aromatic rings. The van der Waals surface area contributed by atoms with Gasteiger partial charge in [-0.15, -0.1) is 0 Å². The first-order valence-corrected chi connectivity index (χ1v) is 8.33. The van der Waals surface area contributed by atoms with E-state index in [1.165, 1.54) is 0 Å². The fourth-order valence-electron chi connectivity index (χ4n) is 3.49. The average molecular weight is 339 g/mol. The maximum Gasteiger partial charge on any atom is 0.195 e. The van der Waals surface area contributed by atoms with Gasteiger partial charge in [0.05, 0.1) is 10.9 Å². The summed E-state index contributed by atoms with van der Waals surface area (Å²) < 4.78 is 5.56. The Morgan fingerprint density at radius 1 is 0.885 bits per heavy atom. The van der Waals surface area contributed by atoms with E-state index in [-0.39, 0.29) is 11.6 Å². The van der Waals surface area contributed by atoms with E-state index < -0.39 is 0 Å². The molecule has 0 atom stereocenters. The maximum atomic E-state index is 13.0. The van der Waals surface area contributed by atoms with Gasteiger partial charge in [-0.1, -0.05) is 59.3 Å². The van der Waals surface area contributed by atoms with E-state index >= 15 is 0 Å². The Labute approximate surface area is 149 Å². The van der Waals surface area contributed by atoms with Crippen LogP contribution in [0.5, 0.6) is 0 Å². The summed E-state index contributed by atoms with van der Waals surface area (Å²) in [5, 5.41) is 4.76. The van der Waals surface area contributed by atoms with Gasteiger partial charge >= 0.3 is 0 Å². The molecule has 5 rings (SSSR count). The number of fused-ring (bicyclic) bond motifs is 2. The van der Waals surface area contributed by atoms with Gasteiger partial charge < -0.3 is 4.52 Å². The highest BCUT2D eigenvalue weighted by molar-refractivity contribution is 6.27. The zero-order valence-corrected chi connectivity index (χ0v) is 13.9. The van der Waals surface area contributed by atoms with Gasteiger partial charge in [0.1, 0.15) is 5.52 Å². The fraction of sp³-hybridized carbons (Fsp3) is 0.0455. The number of aryl methyl sites for hydroxylation is 1. The molecule has 0 bridgehead atoms. The summed E-state index contributed by atoms with van der Waals surface area (Å²) in [6, 6.07) is 18.0. The molecule has 1 heterocycles. The molecule has 0 unspecified atom stereocenters. The summed E-state index contributed by atoms with van der Waals surface area (Å²) in [5.74, 6) is 0.335. The standard InChI is InChI=1S/C22H13NO3/c1-12-6-8-13(9-7-12)20(24)17-11-10-16-18-19(17)23-26-22(18)15-5-3-2-4-14(15)21(16)25/h2-11H,1H3. The van der Waals surface area contributed by atoms with Crippen molar-refractivity contribution in [1.82, 2.24) is 5.16 Å². The second kappa shape index (κ2) is 5.23. The lowest BCUT2D eigenvalue weighted by Gasteiger charge is -2.14. The van der Waals surface area contributed by atoms with E-state index in [2.05, 4.69) is 5.16 Å². The third-order valence-electron chi connectivity index (χ3n) is 4.85. The summed E-state index contributed by atoms with van der Waals surface area (Å²) in [7, 11) is 0. The molecule has 4 nitrogen and oxygen atoms in total. The van der Waals surface area contributed by atoms with Crippen LogP contribution in [0.25, 0.3) is 22.2 Å². The number of nitrogens with zero attached hydrogens (tertiary/aromatic N) is 1. The van der Waals surface area contributed by atoms with Crippen LogP contribution in [0.3, 0.4) is 0 Å². The zero-order chi connectivity index (χ0) is 17.8. The molecular formula is C22H13NO3. The lowest BCUT2D eigenvalue weighted by Crippen LogP contribution is -2.10. The molecule has 1 aromatic heterocycles. The molecule has 1 aliphatic rings. The van der Waals surface area contributed by atoms with Gasteiger partial charge in [-0.2, -0.15) is 0 Å². The van der Waals surface area contributed by atoms with Crippen LogP contribution in [0.15, 0.2) is 65.2 Å². The maximum absolute atomic E-state index is 13.0. The van der Waals surface area contributed by atoms with Crippen molar-refractivity contribution in [3.8, 4) is 11.3 Å². The number of rotatable bonds is 2. The summed E-state index contributed by atoms with van der Waals surface area (Å²) in [6.45, 7) is 1.97. The molecule has 0 spiro atoms. The zero-order valence-electron chi connectivity index (χ0n) is 13.9. The molecule has 4 heteroatoms. The van der Waals surface area contributed by atoms with Crippen LogP contribution < -0.4 is 0 Å². The Bertz CT molecular complexity index is 1220. The van der Waals surface area contributed by atoms with Gasteiger partial charge in [0, 0.05) is 22.3 Å². The van der Waals surface area contributed by atoms with Crippen LogP contribution in [0.4, 0.5) is 0 Å². The molecule has 26 heavy (non-hydrogen) atoms. The second-order valence-electron chi connectivity index (χ2n) is 6.47. The number of hydrogen-bond acceptors (Lipinski definition) is 4. The van der Waals surface area contributed by atoms with Gasteiger partial charge in [0.2, 0.25) is 0 Å². The normalized spacial score (nSPS) is 12.3. The molecule has 3 aromatic carbocycles. The Balaban J connectivity index is 1.76. The Hall–Kier alpha value is -3.53. The van der Waals surface area contributed by atoms with Crippen LogP contribution >= 0.6 is 0 Å².